The maximum atomic E-state index is 10.4. The predicted molar refractivity (Wildman–Crippen MR) is 62.8 cm³/mol. The topological polar surface area (TPSA) is 53.1 Å². The van der Waals surface area contributed by atoms with Crippen LogP contribution in [0.25, 0.3) is 10.9 Å². The van der Waals surface area contributed by atoms with E-state index in [4.69, 9.17) is 5.11 Å². The van der Waals surface area contributed by atoms with Crippen LogP contribution in [-0.2, 0) is 11.2 Å². The minimum atomic E-state index is -0.754. The second-order valence-electron chi connectivity index (χ2n) is 3.25. The summed E-state index contributed by atoms with van der Waals surface area (Å²) in [5.41, 5.74) is 2.14. The molecule has 76 valence electrons. The van der Waals surface area contributed by atoms with Gasteiger partial charge in [-0.25, -0.2) is 0 Å². The number of benzene rings is 1. The number of carbonyl (C=O) groups is 1. The third-order valence-corrected chi connectivity index (χ3v) is 2.28. The Labute approximate surface area is 117 Å². The Hall–Kier alpha value is -0.510. The Morgan fingerprint density at radius 2 is 2.07 bits per heavy atom. The Morgan fingerprint density at radius 1 is 1.33 bits per heavy atom. The fourth-order valence-corrected chi connectivity index (χ4v) is 1.58. The van der Waals surface area contributed by atoms with Crippen LogP contribution in [0.5, 0.6) is 0 Å². The van der Waals surface area contributed by atoms with Crippen LogP contribution in [0.1, 0.15) is 12.0 Å². The summed E-state index contributed by atoms with van der Waals surface area (Å²) in [6.07, 6.45) is 2.65. The Bertz CT molecular complexity index is 464. The van der Waals surface area contributed by atoms with E-state index >= 15 is 0 Å². The van der Waals surface area contributed by atoms with E-state index in [-0.39, 0.29) is 44.2 Å². The van der Waals surface area contributed by atoms with Crippen molar-refractivity contribution in [3.05, 3.63) is 36.0 Å². The zero-order chi connectivity index (χ0) is 9.97. The molecule has 4 heteroatoms. The van der Waals surface area contributed by atoms with Gasteiger partial charge in [0.1, 0.15) is 0 Å². The van der Waals surface area contributed by atoms with E-state index < -0.39 is 5.97 Å². The van der Waals surface area contributed by atoms with E-state index in [1.165, 1.54) is 0 Å². The molecule has 0 aliphatic heterocycles. The van der Waals surface area contributed by atoms with Crippen molar-refractivity contribution in [2.75, 3.05) is 0 Å². The molecule has 15 heavy (non-hydrogen) atoms. The molecule has 0 atom stereocenters. The number of nitrogens with one attached hydrogen (secondary N) is 1. The van der Waals surface area contributed by atoms with Crippen LogP contribution in [0.2, 0.25) is 0 Å². The summed E-state index contributed by atoms with van der Waals surface area (Å²) in [5.74, 6) is -0.754. The number of H-pyrrole nitrogens is 1. The van der Waals surface area contributed by atoms with Crippen LogP contribution in [0.4, 0.5) is 0 Å². The number of fused-ring (bicyclic) bond motifs is 1. The molecule has 2 rings (SSSR count). The van der Waals surface area contributed by atoms with Gasteiger partial charge < -0.3 is 10.1 Å². The monoisotopic (exact) mass is 231 g/mol. The molecule has 0 aliphatic rings. The first-order valence-electron chi connectivity index (χ1n) is 4.54. The number of aromatic nitrogens is 1. The van der Waals surface area contributed by atoms with Crippen molar-refractivity contribution in [3.8, 4) is 0 Å². The average molecular weight is 231 g/mol. The minimum absolute atomic E-state index is 0. The standard InChI is InChI=1S/C11H11NO2.Ca.2H/c13-11(14)6-5-8-7-12-10-4-2-1-3-9(8)10;;;/h1-4,7,12H,5-6H2,(H,13,14);;;. The molecule has 3 nitrogen and oxygen atoms in total. The van der Waals surface area contributed by atoms with Gasteiger partial charge in [-0.3, -0.25) is 4.79 Å². The van der Waals surface area contributed by atoms with Crippen molar-refractivity contribution in [3.63, 3.8) is 0 Å². The Kier molecular flexibility index (Phi) is 4.64. The van der Waals surface area contributed by atoms with Crippen LogP contribution in [-0.4, -0.2) is 53.8 Å². The van der Waals surface area contributed by atoms with Gasteiger partial charge in [-0.1, -0.05) is 18.2 Å². The van der Waals surface area contributed by atoms with Gasteiger partial charge in [-0.05, 0) is 18.1 Å². The molecular formula is C11H13CaNO2. The quantitative estimate of drug-likeness (QED) is 0.782. The number of aliphatic carboxylic acids is 1. The van der Waals surface area contributed by atoms with E-state index in [0.29, 0.717) is 6.42 Å². The molecule has 0 radical (unpaired) electrons. The molecule has 0 unspecified atom stereocenters. The van der Waals surface area contributed by atoms with Crippen LogP contribution >= 0.6 is 0 Å². The molecule has 0 saturated carbocycles. The second-order valence-corrected chi connectivity index (χ2v) is 3.25. The predicted octanol–water partition coefficient (Wildman–Crippen LogP) is 1.27. The summed E-state index contributed by atoms with van der Waals surface area (Å²) in [6.45, 7) is 0. The summed E-state index contributed by atoms with van der Waals surface area (Å²) >= 11 is 0. The van der Waals surface area contributed by atoms with Crippen molar-refractivity contribution < 1.29 is 9.90 Å². The first kappa shape index (κ1) is 12.6. The van der Waals surface area contributed by atoms with Gasteiger partial charge in [-0.2, -0.15) is 0 Å². The summed E-state index contributed by atoms with van der Waals surface area (Å²) in [4.78, 5) is 13.5. The molecule has 1 heterocycles. The van der Waals surface area contributed by atoms with E-state index in [2.05, 4.69) is 4.98 Å². The third kappa shape index (κ3) is 2.97. The normalized spacial score (nSPS) is 9.87. The van der Waals surface area contributed by atoms with Crippen molar-refractivity contribution in [1.29, 1.82) is 0 Å². The molecular weight excluding hydrogens is 218 g/mol. The summed E-state index contributed by atoms with van der Waals surface area (Å²) in [7, 11) is 0. The number of para-hydroxylation sites is 1. The van der Waals surface area contributed by atoms with Crippen molar-refractivity contribution in [2.24, 2.45) is 0 Å². The van der Waals surface area contributed by atoms with E-state index in [0.717, 1.165) is 16.5 Å². The first-order valence-corrected chi connectivity index (χ1v) is 4.54. The summed E-state index contributed by atoms with van der Waals surface area (Å²) in [6, 6.07) is 7.91. The van der Waals surface area contributed by atoms with Crippen LogP contribution in [0, 0.1) is 0 Å². The van der Waals surface area contributed by atoms with Crippen molar-refractivity contribution in [2.45, 2.75) is 12.8 Å². The number of rotatable bonds is 3. The second kappa shape index (κ2) is 5.54. The molecule has 0 aliphatic carbocycles. The zero-order valence-corrected chi connectivity index (χ0v) is 7.66. The van der Waals surface area contributed by atoms with E-state index in [9.17, 15) is 4.79 Å². The number of hydrogen-bond acceptors (Lipinski definition) is 1. The maximum absolute atomic E-state index is 10.4. The molecule has 0 amide bonds. The van der Waals surface area contributed by atoms with Gasteiger partial charge in [0.25, 0.3) is 0 Å². The van der Waals surface area contributed by atoms with Gasteiger partial charge in [0.05, 0.1) is 0 Å². The number of hydrogen-bond donors (Lipinski definition) is 2. The van der Waals surface area contributed by atoms with Crippen molar-refractivity contribution >= 4 is 54.6 Å². The molecule has 2 aromatic rings. The molecule has 0 fully saturated rings. The molecule has 1 aromatic heterocycles. The van der Waals surface area contributed by atoms with Gasteiger partial charge in [0.15, 0.2) is 0 Å². The summed E-state index contributed by atoms with van der Waals surface area (Å²) in [5, 5.41) is 9.69. The molecule has 2 N–H and O–H groups in total. The van der Waals surface area contributed by atoms with Crippen LogP contribution < -0.4 is 0 Å². The fourth-order valence-electron chi connectivity index (χ4n) is 1.58. The SMILES string of the molecule is O=C(O)CCc1c[nH]c2ccccc12.[CaH2]. The molecule has 0 saturated heterocycles. The average Bonchev–Trinajstić information content (AvgIpc) is 2.58. The third-order valence-electron chi connectivity index (χ3n) is 2.28. The summed E-state index contributed by atoms with van der Waals surface area (Å²) < 4.78 is 0. The van der Waals surface area contributed by atoms with Gasteiger partial charge in [0.2, 0.25) is 0 Å². The van der Waals surface area contributed by atoms with Crippen molar-refractivity contribution in [1.82, 2.24) is 4.98 Å². The van der Waals surface area contributed by atoms with Crippen LogP contribution in [0.3, 0.4) is 0 Å². The van der Waals surface area contributed by atoms with Gasteiger partial charge in [0, 0.05) is 23.5 Å². The number of aromatic amines is 1. The molecule has 1 aromatic carbocycles. The zero-order valence-electron chi connectivity index (χ0n) is 7.66. The fraction of sp³-hybridized carbons (Fsp3) is 0.182. The molecule has 0 bridgehead atoms. The first-order chi connectivity index (χ1) is 6.77. The Balaban J connectivity index is 0.00000112. The number of carboxylic acids is 1. The number of carboxylic acid groups (broad SMARTS) is 1. The van der Waals surface area contributed by atoms with Gasteiger partial charge in [-0.15, -0.1) is 0 Å². The molecule has 0 spiro atoms. The van der Waals surface area contributed by atoms with E-state index in [1.807, 2.05) is 30.5 Å². The Morgan fingerprint density at radius 3 is 2.80 bits per heavy atom. The van der Waals surface area contributed by atoms with Crippen LogP contribution in [0.15, 0.2) is 30.5 Å². The van der Waals surface area contributed by atoms with E-state index in [1.54, 1.807) is 0 Å². The van der Waals surface area contributed by atoms with Gasteiger partial charge >= 0.3 is 43.7 Å². The number of aryl methyl sites for hydroxylation is 1.